The zero-order valence-corrected chi connectivity index (χ0v) is 19.4. The molecule has 0 aromatic heterocycles. The second-order valence-corrected chi connectivity index (χ2v) is 9.41. The van der Waals surface area contributed by atoms with Gasteiger partial charge in [-0.2, -0.15) is 0 Å². The fourth-order valence-electron chi connectivity index (χ4n) is 4.12. The summed E-state index contributed by atoms with van der Waals surface area (Å²) < 4.78 is 15.3. The Balaban J connectivity index is 1.42. The van der Waals surface area contributed by atoms with E-state index in [9.17, 15) is 14.3 Å². The first-order valence-corrected chi connectivity index (χ1v) is 11.9. The molecule has 0 heterocycles. The van der Waals surface area contributed by atoms with E-state index in [0.717, 1.165) is 28.4 Å². The van der Waals surface area contributed by atoms with E-state index < -0.39 is 0 Å². The molecule has 3 nitrogen and oxygen atoms in total. The number of hydrogen-bond acceptors (Lipinski definition) is 2. The second-order valence-electron chi connectivity index (χ2n) is 8.50. The lowest BCUT2D eigenvalue weighted by molar-refractivity contribution is 0.0948. The predicted molar refractivity (Wildman–Crippen MR) is 129 cm³/mol. The molecule has 1 amide bonds. The number of phenolic OH excluding ortho intramolecular Hbond substituents is 1. The number of hydrogen-bond donors (Lipinski definition) is 2. The summed E-state index contributed by atoms with van der Waals surface area (Å²) in [4.78, 5) is 12.6. The van der Waals surface area contributed by atoms with Gasteiger partial charge in [-0.05, 0) is 85.0 Å². The quantitative estimate of drug-likeness (QED) is 0.346. The summed E-state index contributed by atoms with van der Waals surface area (Å²) >= 11 is 3.53. The first kappa shape index (κ1) is 22.5. The number of aryl methyl sites for hydroxylation is 1. The van der Waals surface area contributed by atoms with Crippen molar-refractivity contribution >= 4 is 21.8 Å². The minimum absolute atomic E-state index is 0.0324. The highest BCUT2D eigenvalue weighted by molar-refractivity contribution is 9.10. The number of aromatic hydroxyl groups is 1. The zero-order chi connectivity index (χ0) is 22.5. The molecular formula is C27H27BrFNO2. The predicted octanol–water partition coefficient (Wildman–Crippen LogP) is 6.71. The molecule has 5 heteroatoms. The van der Waals surface area contributed by atoms with Crippen LogP contribution in [-0.2, 0) is 6.42 Å². The zero-order valence-electron chi connectivity index (χ0n) is 17.9. The summed E-state index contributed by atoms with van der Waals surface area (Å²) in [7, 11) is 0. The molecule has 3 aromatic rings. The SMILES string of the molecule is O=C(NCC(CCCc1cc(C2CC2)ccc1F)c1cccc(Br)c1)c1ccccc1O. The third-order valence-corrected chi connectivity index (χ3v) is 6.59. The van der Waals surface area contributed by atoms with E-state index in [1.165, 1.54) is 24.5 Å². The van der Waals surface area contributed by atoms with Gasteiger partial charge in [0.15, 0.2) is 0 Å². The molecule has 4 rings (SSSR count). The highest BCUT2D eigenvalue weighted by Gasteiger charge is 2.24. The Kier molecular flexibility index (Phi) is 7.26. The normalized spacial score (nSPS) is 14.2. The Hall–Kier alpha value is -2.66. The average Bonchev–Trinajstić information content (AvgIpc) is 3.63. The van der Waals surface area contributed by atoms with E-state index in [1.54, 1.807) is 24.3 Å². The molecule has 0 radical (unpaired) electrons. The van der Waals surface area contributed by atoms with Crippen LogP contribution in [-0.4, -0.2) is 17.6 Å². The number of halogens is 2. The van der Waals surface area contributed by atoms with Crippen LogP contribution in [0.2, 0.25) is 0 Å². The Bertz CT molecular complexity index is 1100. The minimum Gasteiger partial charge on any atom is -0.507 e. The van der Waals surface area contributed by atoms with Crippen molar-refractivity contribution in [3.05, 3.63) is 99.3 Å². The van der Waals surface area contributed by atoms with E-state index >= 15 is 0 Å². The second kappa shape index (κ2) is 10.3. The maximum atomic E-state index is 14.3. The smallest absolute Gasteiger partial charge is 0.255 e. The Morgan fingerprint density at radius 2 is 1.91 bits per heavy atom. The van der Waals surface area contributed by atoms with Crippen molar-refractivity contribution in [2.45, 2.75) is 43.9 Å². The van der Waals surface area contributed by atoms with Gasteiger partial charge < -0.3 is 10.4 Å². The van der Waals surface area contributed by atoms with Crippen LogP contribution >= 0.6 is 15.9 Å². The number of nitrogens with one attached hydrogen (secondary N) is 1. The number of benzene rings is 3. The molecule has 32 heavy (non-hydrogen) atoms. The summed E-state index contributed by atoms with van der Waals surface area (Å²) in [5.41, 5.74) is 3.41. The van der Waals surface area contributed by atoms with Gasteiger partial charge in [0.05, 0.1) is 5.56 Å². The van der Waals surface area contributed by atoms with Crippen LogP contribution in [0.5, 0.6) is 5.75 Å². The molecule has 0 bridgehead atoms. The third kappa shape index (κ3) is 5.77. The number of phenols is 1. The summed E-state index contributed by atoms with van der Waals surface area (Å²) in [5.74, 6) is 0.216. The van der Waals surface area contributed by atoms with Crippen LogP contribution in [0.15, 0.2) is 71.2 Å². The van der Waals surface area contributed by atoms with Crippen LogP contribution in [0.1, 0.15) is 64.6 Å². The standard InChI is InChI=1S/C27H27BrFNO2/c28-23-8-4-5-19(16-23)22(17-30-27(32)24-9-1-2-10-26(24)31)7-3-6-21-15-20(18-11-12-18)13-14-25(21)29/h1-2,4-5,8-10,13-16,18,22,31H,3,6-7,11-12,17H2,(H,30,32). The molecule has 3 aromatic carbocycles. The summed E-state index contributed by atoms with van der Waals surface area (Å²) in [6, 6.07) is 20.1. The molecular weight excluding hydrogens is 469 g/mol. The molecule has 1 unspecified atom stereocenters. The van der Waals surface area contributed by atoms with E-state index in [-0.39, 0.29) is 29.0 Å². The van der Waals surface area contributed by atoms with Crippen LogP contribution in [0, 0.1) is 5.82 Å². The molecule has 1 atom stereocenters. The topological polar surface area (TPSA) is 49.3 Å². The third-order valence-electron chi connectivity index (χ3n) is 6.10. The number of carbonyl (C=O) groups is 1. The van der Waals surface area contributed by atoms with Gasteiger partial charge in [0, 0.05) is 16.9 Å². The lowest BCUT2D eigenvalue weighted by atomic mass is 9.92. The molecule has 166 valence electrons. The molecule has 0 saturated heterocycles. The minimum atomic E-state index is -0.300. The maximum Gasteiger partial charge on any atom is 0.255 e. The largest absolute Gasteiger partial charge is 0.507 e. The monoisotopic (exact) mass is 495 g/mol. The van der Waals surface area contributed by atoms with Crippen LogP contribution in [0.3, 0.4) is 0 Å². The van der Waals surface area contributed by atoms with Crippen LogP contribution in [0.4, 0.5) is 4.39 Å². The molecule has 0 aliphatic heterocycles. The Morgan fingerprint density at radius 1 is 1.09 bits per heavy atom. The molecule has 0 spiro atoms. The van der Waals surface area contributed by atoms with E-state index in [4.69, 9.17) is 0 Å². The number of amides is 1. The maximum absolute atomic E-state index is 14.3. The molecule has 1 aliphatic rings. The number of para-hydroxylation sites is 1. The van der Waals surface area contributed by atoms with Crippen molar-refractivity contribution in [1.29, 1.82) is 0 Å². The number of rotatable bonds is 9. The van der Waals surface area contributed by atoms with E-state index in [0.29, 0.717) is 18.9 Å². The average molecular weight is 496 g/mol. The van der Waals surface area contributed by atoms with Crippen LogP contribution in [0.25, 0.3) is 0 Å². The van der Waals surface area contributed by atoms with Gasteiger partial charge in [-0.3, -0.25) is 4.79 Å². The van der Waals surface area contributed by atoms with Gasteiger partial charge in [-0.25, -0.2) is 4.39 Å². The Labute approximate surface area is 196 Å². The van der Waals surface area contributed by atoms with E-state index in [1.807, 2.05) is 24.3 Å². The molecule has 2 N–H and O–H groups in total. The van der Waals surface area contributed by atoms with Crippen molar-refractivity contribution < 1.29 is 14.3 Å². The van der Waals surface area contributed by atoms with Gasteiger partial charge in [0.2, 0.25) is 0 Å². The summed E-state index contributed by atoms with van der Waals surface area (Å²) in [5, 5.41) is 12.9. The lowest BCUT2D eigenvalue weighted by Crippen LogP contribution is -2.28. The van der Waals surface area contributed by atoms with Gasteiger partial charge in [-0.1, -0.05) is 52.3 Å². The van der Waals surface area contributed by atoms with E-state index in [2.05, 4.69) is 33.4 Å². The molecule has 1 aliphatic carbocycles. The summed E-state index contributed by atoms with van der Waals surface area (Å²) in [6.07, 6.45) is 4.70. The van der Waals surface area contributed by atoms with Crippen LogP contribution < -0.4 is 5.32 Å². The first-order chi connectivity index (χ1) is 15.5. The highest BCUT2D eigenvalue weighted by atomic mass is 79.9. The van der Waals surface area contributed by atoms with Gasteiger partial charge >= 0.3 is 0 Å². The van der Waals surface area contributed by atoms with Crippen molar-refractivity contribution in [2.24, 2.45) is 0 Å². The molecule has 1 fully saturated rings. The van der Waals surface area contributed by atoms with Crippen molar-refractivity contribution in [2.75, 3.05) is 6.54 Å². The van der Waals surface area contributed by atoms with Crippen molar-refractivity contribution in [1.82, 2.24) is 5.32 Å². The first-order valence-electron chi connectivity index (χ1n) is 11.1. The van der Waals surface area contributed by atoms with Crippen molar-refractivity contribution in [3.8, 4) is 5.75 Å². The van der Waals surface area contributed by atoms with Gasteiger partial charge in [0.1, 0.15) is 11.6 Å². The fraction of sp³-hybridized carbons (Fsp3) is 0.296. The van der Waals surface area contributed by atoms with Gasteiger partial charge in [0.25, 0.3) is 5.91 Å². The van der Waals surface area contributed by atoms with Crippen molar-refractivity contribution in [3.63, 3.8) is 0 Å². The number of carbonyl (C=O) groups excluding carboxylic acids is 1. The fourth-order valence-corrected chi connectivity index (χ4v) is 4.54. The molecule has 1 saturated carbocycles. The van der Waals surface area contributed by atoms with Gasteiger partial charge in [-0.15, -0.1) is 0 Å². The summed E-state index contributed by atoms with van der Waals surface area (Å²) in [6.45, 7) is 0.439. The highest BCUT2D eigenvalue weighted by Crippen LogP contribution is 2.40. The lowest BCUT2D eigenvalue weighted by Gasteiger charge is -2.19. The Morgan fingerprint density at radius 3 is 2.66 bits per heavy atom.